The highest BCUT2D eigenvalue weighted by atomic mass is 16.3. The van der Waals surface area contributed by atoms with Gasteiger partial charge in [0, 0.05) is 12.6 Å². The van der Waals surface area contributed by atoms with Gasteiger partial charge in [-0.15, -0.1) is 0 Å². The number of benzene rings is 1. The Labute approximate surface area is 121 Å². The summed E-state index contributed by atoms with van der Waals surface area (Å²) in [6.07, 6.45) is 1.39. The number of amides is 2. The summed E-state index contributed by atoms with van der Waals surface area (Å²) in [7, 11) is 0. The minimum atomic E-state index is -0.155. The Kier molecular flexibility index (Phi) is 7.09. The lowest BCUT2D eigenvalue weighted by molar-refractivity contribution is 0.227. The molecule has 2 amide bonds. The van der Waals surface area contributed by atoms with Gasteiger partial charge in [-0.25, -0.2) is 4.79 Å². The molecule has 0 heterocycles. The molecule has 0 aromatic heterocycles. The average Bonchev–Trinajstić information content (AvgIpc) is 2.44. The second kappa shape index (κ2) is 8.59. The van der Waals surface area contributed by atoms with Crippen LogP contribution in [0.4, 0.5) is 4.79 Å². The molecule has 1 aromatic rings. The van der Waals surface area contributed by atoms with E-state index in [1.54, 1.807) is 0 Å². The van der Waals surface area contributed by atoms with Gasteiger partial charge in [0.25, 0.3) is 0 Å². The van der Waals surface area contributed by atoms with Crippen molar-refractivity contribution in [1.82, 2.24) is 10.6 Å². The number of hydrogen-bond donors (Lipinski definition) is 3. The summed E-state index contributed by atoms with van der Waals surface area (Å²) >= 11 is 0. The molecule has 4 nitrogen and oxygen atoms in total. The molecular formula is C16H26N2O2. The SMILES string of the molecule is CC(C)C(C)NC(=O)NC(CCCO)c1ccccc1. The summed E-state index contributed by atoms with van der Waals surface area (Å²) in [5.74, 6) is 0.397. The van der Waals surface area contributed by atoms with E-state index in [0.29, 0.717) is 12.3 Å². The predicted octanol–water partition coefficient (Wildman–Crippen LogP) is 2.84. The lowest BCUT2D eigenvalue weighted by Crippen LogP contribution is -2.44. The minimum absolute atomic E-state index is 0.0669. The van der Waals surface area contributed by atoms with Crippen LogP contribution in [0.25, 0.3) is 0 Å². The van der Waals surface area contributed by atoms with Crippen LogP contribution in [0.2, 0.25) is 0 Å². The Bertz CT molecular complexity index is 393. The zero-order valence-corrected chi connectivity index (χ0v) is 12.6. The van der Waals surface area contributed by atoms with Crippen LogP contribution in [0.3, 0.4) is 0 Å². The van der Waals surface area contributed by atoms with Gasteiger partial charge in [-0.05, 0) is 31.2 Å². The predicted molar refractivity (Wildman–Crippen MR) is 81.5 cm³/mol. The summed E-state index contributed by atoms with van der Waals surface area (Å²) in [6.45, 7) is 6.28. The van der Waals surface area contributed by atoms with Crippen molar-refractivity contribution in [2.45, 2.75) is 45.7 Å². The van der Waals surface area contributed by atoms with Crippen molar-refractivity contribution in [2.24, 2.45) is 5.92 Å². The lowest BCUT2D eigenvalue weighted by Gasteiger charge is -2.23. The molecule has 0 saturated carbocycles. The molecule has 0 bridgehead atoms. The highest BCUT2D eigenvalue weighted by Gasteiger charge is 2.16. The molecule has 2 atom stereocenters. The van der Waals surface area contributed by atoms with Gasteiger partial charge in [-0.3, -0.25) is 0 Å². The molecule has 2 unspecified atom stereocenters. The number of rotatable bonds is 7. The monoisotopic (exact) mass is 278 g/mol. The maximum absolute atomic E-state index is 12.0. The largest absolute Gasteiger partial charge is 0.396 e. The first-order valence-electron chi connectivity index (χ1n) is 7.27. The quantitative estimate of drug-likeness (QED) is 0.718. The number of hydrogen-bond acceptors (Lipinski definition) is 2. The van der Waals surface area contributed by atoms with E-state index in [1.807, 2.05) is 37.3 Å². The first-order chi connectivity index (χ1) is 9.54. The van der Waals surface area contributed by atoms with Gasteiger partial charge < -0.3 is 15.7 Å². The Morgan fingerprint density at radius 1 is 1.15 bits per heavy atom. The molecule has 0 aliphatic carbocycles. The molecule has 3 N–H and O–H groups in total. The summed E-state index contributed by atoms with van der Waals surface area (Å²) in [5.41, 5.74) is 1.06. The van der Waals surface area contributed by atoms with E-state index in [4.69, 9.17) is 5.11 Å². The van der Waals surface area contributed by atoms with E-state index in [1.165, 1.54) is 0 Å². The summed E-state index contributed by atoms with van der Waals surface area (Å²) in [4.78, 5) is 12.0. The molecule has 0 fully saturated rings. The van der Waals surface area contributed by atoms with Crippen LogP contribution >= 0.6 is 0 Å². The van der Waals surface area contributed by atoms with Gasteiger partial charge in [0.05, 0.1) is 6.04 Å². The average molecular weight is 278 g/mol. The third kappa shape index (κ3) is 5.61. The zero-order valence-electron chi connectivity index (χ0n) is 12.6. The minimum Gasteiger partial charge on any atom is -0.396 e. The maximum Gasteiger partial charge on any atom is 0.315 e. The lowest BCUT2D eigenvalue weighted by atomic mass is 10.0. The van der Waals surface area contributed by atoms with Crippen molar-refractivity contribution < 1.29 is 9.90 Å². The van der Waals surface area contributed by atoms with Crippen molar-refractivity contribution >= 4 is 6.03 Å². The van der Waals surface area contributed by atoms with Gasteiger partial charge in [0.1, 0.15) is 0 Å². The molecule has 0 radical (unpaired) electrons. The van der Waals surface area contributed by atoms with Crippen LogP contribution < -0.4 is 10.6 Å². The molecule has 1 rings (SSSR count). The number of aliphatic hydroxyl groups is 1. The van der Waals surface area contributed by atoms with Crippen molar-refractivity contribution in [2.75, 3.05) is 6.61 Å². The number of carbonyl (C=O) groups excluding carboxylic acids is 1. The second-order valence-corrected chi connectivity index (χ2v) is 5.48. The summed E-state index contributed by atoms with van der Waals surface area (Å²) < 4.78 is 0. The standard InChI is InChI=1S/C16H26N2O2/c1-12(2)13(3)17-16(20)18-15(10-7-11-19)14-8-5-4-6-9-14/h4-6,8-9,12-13,15,19H,7,10-11H2,1-3H3,(H2,17,18,20). The number of aliphatic hydroxyl groups excluding tert-OH is 1. The third-order valence-electron chi connectivity index (χ3n) is 3.52. The van der Waals surface area contributed by atoms with E-state index >= 15 is 0 Å². The van der Waals surface area contributed by atoms with Gasteiger partial charge >= 0.3 is 6.03 Å². The van der Waals surface area contributed by atoms with Crippen LogP contribution in [0.15, 0.2) is 30.3 Å². The topological polar surface area (TPSA) is 61.4 Å². The number of carbonyl (C=O) groups is 1. The van der Waals surface area contributed by atoms with Crippen LogP contribution in [-0.2, 0) is 0 Å². The highest BCUT2D eigenvalue weighted by molar-refractivity contribution is 5.74. The summed E-state index contributed by atoms with van der Waals surface area (Å²) in [6, 6.07) is 9.76. The molecule has 0 saturated heterocycles. The molecule has 0 aliphatic heterocycles. The zero-order chi connectivity index (χ0) is 15.0. The van der Waals surface area contributed by atoms with Gasteiger partial charge in [-0.2, -0.15) is 0 Å². The Morgan fingerprint density at radius 3 is 2.35 bits per heavy atom. The molecule has 0 aliphatic rings. The highest BCUT2D eigenvalue weighted by Crippen LogP contribution is 2.18. The molecule has 4 heteroatoms. The first kappa shape index (κ1) is 16.5. The Hall–Kier alpha value is -1.55. The molecule has 1 aromatic carbocycles. The van der Waals surface area contributed by atoms with Gasteiger partial charge in [0.15, 0.2) is 0 Å². The molecule has 20 heavy (non-hydrogen) atoms. The smallest absolute Gasteiger partial charge is 0.315 e. The normalized spacial score (nSPS) is 13.8. The molecule has 112 valence electrons. The summed E-state index contributed by atoms with van der Waals surface area (Å²) in [5, 5.41) is 14.9. The van der Waals surface area contributed by atoms with Gasteiger partial charge in [0.2, 0.25) is 0 Å². The van der Waals surface area contributed by atoms with Crippen molar-refractivity contribution in [1.29, 1.82) is 0 Å². The van der Waals surface area contributed by atoms with Crippen LogP contribution in [-0.4, -0.2) is 23.8 Å². The van der Waals surface area contributed by atoms with Gasteiger partial charge in [-0.1, -0.05) is 44.2 Å². The number of nitrogens with one attached hydrogen (secondary N) is 2. The fourth-order valence-electron chi connectivity index (χ4n) is 1.88. The maximum atomic E-state index is 12.0. The molecule has 0 spiro atoms. The van der Waals surface area contributed by atoms with Crippen LogP contribution in [0.5, 0.6) is 0 Å². The first-order valence-corrected chi connectivity index (χ1v) is 7.27. The van der Waals surface area contributed by atoms with E-state index in [9.17, 15) is 4.79 Å². The second-order valence-electron chi connectivity index (χ2n) is 5.48. The van der Waals surface area contributed by atoms with E-state index < -0.39 is 0 Å². The number of urea groups is 1. The Balaban J connectivity index is 2.63. The van der Waals surface area contributed by atoms with E-state index in [2.05, 4.69) is 24.5 Å². The van der Waals surface area contributed by atoms with Crippen LogP contribution in [0.1, 0.15) is 45.2 Å². The van der Waals surface area contributed by atoms with Crippen LogP contribution in [0, 0.1) is 5.92 Å². The van der Waals surface area contributed by atoms with E-state index in [0.717, 1.165) is 12.0 Å². The fraction of sp³-hybridized carbons (Fsp3) is 0.562. The van der Waals surface area contributed by atoms with Crippen molar-refractivity contribution in [3.05, 3.63) is 35.9 Å². The third-order valence-corrected chi connectivity index (χ3v) is 3.52. The fourth-order valence-corrected chi connectivity index (χ4v) is 1.88. The van der Waals surface area contributed by atoms with E-state index in [-0.39, 0.29) is 24.7 Å². The van der Waals surface area contributed by atoms with Crippen molar-refractivity contribution in [3.8, 4) is 0 Å². The Morgan fingerprint density at radius 2 is 1.80 bits per heavy atom. The van der Waals surface area contributed by atoms with Crippen molar-refractivity contribution in [3.63, 3.8) is 0 Å². The molecular weight excluding hydrogens is 252 g/mol.